The molecular weight excluding hydrogens is 714 g/mol. The Kier molecular flexibility index (Phi) is 26.4. The molecule has 2 heterocycles. The molecule has 0 aromatic carbocycles. The van der Waals surface area contributed by atoms with Crippen molar-refractivity contribution in [3.05, 3.63) is 36.5 Å². The molecule has 0 aromatic rings. The van der Waals surface area contributed by atoms with Gasteiger partial charge in [-0.25, -0.2) is 0 Å². The average Bonchev–Trinajstić information content (AvgIpc) is 3.18. The van der Waals surface area contributed by atoms with Crippen LogP contribution in [0, 0.1) is 0 Å². The topological polar surface area (TPSA) is 228 Å². The van der Waals surface area contributed by atoms with Gasteiger partial charge in [0, 0.05) is 6.42 Å². The second-order valence-electron chi connectivity index (χ2n) is 14.7. The minimum absolute atomic E-state index is 0.219. The first-order chi connectivity index (χ1) is 26.6. The van der Waals surface area contributed by atoms with Gasteiger partial charge in [0.2, 0.25) is 5.91 Å². The van der Waals surface area contributed by atoms with E-state index >= 15 is 0 Å². The third-order valence-corrected chi connectivity index (χ3v) is 10.0. The highest BCUT2D eigenvalue weighted by Crippen LogP contribution is 2.29. The Balaban J connectivity index is 1.77. The number of allylic oxidation sites excluding steroid dienone is 5. The minimum atomic E-state index is -1.79. The maximum absolute atomic E-state index is 12.5. The second-order valence-corrected chi connectivity index (χ2v) is 14.7. The van der Waals surface area contributed by atoms with Crippen molar-refractivity contribution in [2.75, 3.05) is 19.8 Å². The number of aliphatic hydroxyl groups excluding tert-OH is 8. The van der Waals surface area contributed by atoms with E-state index in [2.05, 4.69) is 36.5 Å². The van der Waals surface area contributed by atoms with E-state index in [1.54, 1.807) is 6.08 Å². The molecule has 14 heteroatoms. The molecule has 2 saturated heterocycles. The molecule has 2 rings (SSSR count). The lowest BCUT2D eigenvalue weighted by Crippen LogP contribution is -2.65. The fourth-order valence-corrected chi connectivity index (χ4v) is 6.60. The predicted octanol–water partition coefficient (Wildman–Crippen LogP) is 2.81. The first-order valence-corrected chi connectivity index (χ1v) is 20.7. The number of amides is 1. The van der Waals surface area contributed by atoms with Crippen LogP contribution >= 0.6 is 0 Å². The summed E-state index contributed by atoms with van der Waals surface area (Å²) in [7, 11) is 0. The Morgan fingerprint density at radius 1 is 0.636 bits per heavy atom. The van der Waals surface area contributed by atoms with E-state index in [1.807, 2.05) is 13.0 Å². The van der Waals surface area contributed by atoms with Crippen LogP contribution in [0.4, 0.5) is 0 Å². The summed E-state index contributed by atoms with van der Waals surface area (Å²) in [6.45, 7) is 2.35. The first kappa shape index (κ1) is 49.4. The second kappa shape index (κ2) is 29.4. The van der Waals surface area contributed by atoms with E-state index in [1.165, 1.54) is 64.2 Å². The van der Waals surface area contributed by atoms with Crippen molar-refractivity contribution < 1.29 is 64.6 Å². The zero-order valence-electron chi connectivity index (χ0n) is 33.2. The molecule has 9 N–H and O–H groups in total. The Morgan fingerprint density at radius 2 is 1.16 bits per heavy atom. The summed E-state index contributed by atoms with van der Waals surface area (Å²) in [4.78, 5) is 12.5. The van der Waals surface area contributed by atoms with Crippen LogP contribution in [0.5, 0.6) is 0 Å². The zero-order chi connectivity index (χ0) is 40.4. The molecule has 0 spiro atoms. The largest absolute Gasteiger partial charge is 0.394 e. The highest BCUT2D eigenvalue weighted by Gasteiger charge is 2.50. The van der Waals surface area contributed by atoms with Crippen molar-refractivity contribution in [3.63, 3.8) is 0 Å². The Hall–Kier alpha value is -1.79. The molecule has 14 nitrogen and oxygen atoms in total. The molecule has 0 radical (unpaired) electrons. The molecule has 0 bridgehead atoms. The monoisotopic (exact) mass is 788 g/mol. The number of carbonyl (C=O) groups is 1. The normalized spacial score (nSPS) is 30.1. The number of rotatable bonds is 29. The summed E-state index contributed by atoms with van der Waals surface area (Å²) in [5.41, 5.74) is 0. The van der Waals surface area contributed by atoms with Crippen molar-refractivity contribution in [1.82, 2.24) is 5.32 Å². The maximum atomic E-state index is 12.5. The fraction of sp³-hybridized carbons (Fsp3) is 0.829. The SMILES string of the molecule is CCCCCCCCCCCC/C=C/CC/C=C/CC/C=C/C(O)C(COC1OC(CO)C(OC2OC(CO)C(O)C(O)C2O)C(O)C1O)NC(=O)CCC. The minimum Gasteiger partial charge on any atom is -0.394 e. The number of carbonyl (C=O) groups excluding carboxylic acids is 1. The van der Waals surface area contributed by atoms with E-state index in [0.29, 0.717) is 12.8 Å². The summed E-state index contributed by atoms with van der Waals surface area (Å²) >= 11 is 0. The lowest BCUT2D eigenvalue weighted by molar-refractivity contribution is -0.359. The van der Waals surface area contributed by atoms with Crippen molar-refractivity contribution in [1.29, 1.82) is 0 Å². The number of hydrogen-bond acceptors (Lipinski definition) is 13. The molecule has 0 aromatic heterocycles. The first-order valence-electron chi connectivity index (χ1n) is 20.7. The van der Waals surface area contributed by atoms with E-state index < -0.39 is 86.8 Å². The molecular formula is C41H73NO13. The molecule has 0 aliphatic carbocycles. The number of hydrogen-bond donors (Lipinski definition) is 9. The van der Waals surface area contributed by atoms with Crippen LogP contribution in [0.25, 0.3) is 0 Å². The van der Waals surface area contributed by atoms with Gasteiger partial charge >= 0.3 is 0 Å². The molecule has 12 atom stereocenters. The van der Waals surface area contributed by atoms with E-state index in [0.717, 1.165) is 25.7 Å². The van der Waals surface area contributed by atoms with Gasteiger partial charge in [0.15, 0.2) is 12.6 Å². The summed E-state index contributed by atoms with van der Waals surface area (Å²) in [5.74, 6) is -0.310. The lowest BCUT2D eigenvalue weighted by Gasteiger charge is -2.46. The summed E-state index contributed by atoms with van der Waals surface area (Å²) < 4.78 is 22.3. The van der Waals surface area contributed by atoms with Crippen LogP contribution in [0.15, 0.2) is 36.5 Å². The summed E-state index contributed by atoms with van der Waals surface area (Å²) in [6, 6.07) is -0.929. The molecule has 1 amide bonds. The molecule has 2 aliphatic rings. The van der Waals surface area contributed by atoms with Crippen LogP contribution in [-0.2, 0) is 23.7 Å². The van der Waals surface area contributed by atoms with Crippen molar-refractivity contribution in [2.45, 2.75) is 197 Å². The van der Waals surface area contributed by atoms with Crippen LogP contribution in [-0.4, -0.2) is 140 Å². The zero-order valence-corrected chi connectivity index (χ0v) is 33.2. The highest BCUT2D eigenvalue weighted by atomic mass is 16.7. The standard InChI is InChI=1S/C41H73NO13/c1-3-5-6-7-8-9-10-11-12-13-14-15-16-17-18-19-20-21-22-23-25-30(45)29(42-33(46)24-4-2)28-52-40-38(51)36(49)39(32(27-44)54-40)55-41-37(50)35(48)34(47)31(26-43)53-41/h15-16,19-20,23,25,29-32,34-41,43-45,47-51H,3-14,17-18,21-22,24,26-28H2,1-2H3,(H,42,46)/b16-15+,20-19+,25-23+. The van der Waals surface area contributed by atoms with E-state index in [4.69, 9.17) is 18.9 Å². The van der Waals surface area contributed by atoms with Crippen molar-refractivity contribution >= 4 is 5.91 Å². The van der Waals surface area contributed by atoms with Gasteiger partial charge in [-0.05, 0) is 44.9 Å². The van der Waals surface area contributed by atoms with E-state index in [9.17, 15) is 45.6 Å². The van der Waals surface area contributed by atoms with Crippen LogP contribution in [0.2, 0.25) is 0 Å². The molecule has 12 unspecified atom stereocenters. The predicted molar refractivity (Wildman–Crippen MR) is 208 cm³/mol. The van der Waals surface area contributed by atoms with Gasteiger partial charge in [-0.3, -0.25) is 4.79 Å². The quantitative estimate of drug-likeness (QED) is 0.0393. The van der Waals surface area contributed by atoms with Crippen LogP contribution in [0.1, 0.15) is 123 Å². The van der Waals surface area contributed by atoms with Crippen LogP contribution in [0.3, 0.4) is 0 Å². The van der Waals surface area contributed by atoms with E-state index in [-0.39, 0.29) is 18.9 Å². The van der Waals surface area contributed by atoms with Gasteiger partial charge in [0.1, 0.15) is 48.8 Å². The Bertz CT molecular complexity index is 1070. The lowest BCUT2D eigenvalue weighted by atomic mass is 9.97. The highest BCUT2D eigenvalue weighted by molar-refractivity contribution is 5.76. The van der Waals surface area contributed by atoms with Crippen molar-refractivity contribution in [3.8, 4) is 0 Å². The van der Waals surface area contributed by atoms with Gasteiger partial charge in [-0.15, -0.1) is 0 Å². The third-order valence-electron chi connectivity index (χ3n) is 10.0. The molecule has 2 aliphatic heterocycles. The Labute approximate surface area is 328 Å². The Morgan fingerprint density at radius 3 is 1.75 bits per heavy atom. The number of unbranched alkanes of at least 4 members (excludes halogenated alkanes) is 12. The maximum Gasteiger partial charge on any atom is 0.220 e. The molecule has 0 saturated carbocycles. The van der Waals surface area contributed by atoms with Gasteiger partial charge in [-0.2, -0.15) is 0 Å². The number of aliphatic hydroxyl groups is 8. The van der Waals surface area contributed by atoms with Crippen LogP contribution < -0.4 is 5.32 Å². The molecule has 2 fully saturated rings. The van der Waals surface area contributed by atoms with Gasteiger partial charge < -0.3 is 65.1 Å². The molecule has 55 heavy (non-hydrogen) atoms. The molecule has 320 valence electrons. The van der Waals surface area contributed by atoms with Gasteiger partial charge in [0.05, 0.1) is 32.0 Å². The third kappa shape index (κ3) is 18.6. The fourth-order valence-electron chi connectivity index (χ4n) is 6.60. The van der Waals surface area contributed by atoms with Gasteiger partial charge in [-0.1, -0.05) is 108 Å². The smallest absolute Gasteiger partial charge is 0.220 e. The van der Waals surface area contributed by atoms with Crippen molar-refractivity contribution in [2.24, 2.45) is 0 Å². The average molecular weight is 788 g/mol. The number of nitrogens with one attached hydrogen (secondary N) is 1. The summed E-state index contributed by atoms with van der Waals surface area (Å²) in [6.07, 6.45) is 14.0. The van der Waals surface area contributed by atoms with Gasteiger partial charge in [0.25, 0.3) is 0 Å². The summed E-state index contributed by atoms with van der Waals surface area (Å²) in [5, 5.41) is 85.3. The number of ether oxygens (including phenoxy) is 4.